The van der Waals surface area contributed by atoms with Crippen LogP contribution in [0.5, 0.6) is 0 Å². The van der Waals surface area contributed by atoms with Crippen LogP contribution in [0.25, 0.3) is 0 Å². The standard InChI is InChI=1S/C12H11N3O3S/c1-8(12-13-4-5-19-12)14-10-3-2-9(7-16)6-11(10)15(17)18/h2-8,14H,1H3. The molecule has 1 unspecified atom stereocenters. The van der Waals surface area contributed by atoms with Gasteiger partial charge in [0.1, 0.15) is 17.0 Å². The van der Waals surface area contributed by atoms with Crippen LogP contribution in [0, 0.1) is 10.1 Å². The fourth-order valence-corrected chi connectivity index (χ4v) is 2.28. The number of hydrogen-bond donors (Lipinski definition) is 1. The topological polar surface area (TPSA) is 85.1 Å². The Balaban J connectivity index is 2.29. The molecule has 0 radical (unpaired) electrons. The average Bonchev–Trinajstić information content (AvgIpc) is 2.92. The molecule has 0 saturated heterocycles. The highest BCUT2D eigenvalue weighted by Gasteiger charge is 2.17. The van der Waals surface area contributed by atoms with Crippen molar-refractivity contribution in [3.8, 4) is 0 Å². The number of carbonyl (C=O) groups is 1. The summed E-state index contributed by atoms with van der Waals surface area (Å²) in [6.45, 7) is 1.87. The Labute approximate surface area is 113 Å². The van der Waals surface area contributed by atoms with E-state index < -0.39 is 4.92 Å². The molecule has 7 heteroatoms. The molecule has 0 spiro atoms. The highest BCUT2D eigenvalue weighted by atomic mass is 32.1. The van der Waals surface area contributed by atoms with Gasteiger partial charge in [0.2, 0.25) is 0 Å². The Morgan fingerprint density at radius 1 is 1.53 bits per heavy atom. The molecule has 1 aromatic heterocycles. The molecule has 6 nitrogen and oxygen atoms in total. The number of carbonyl (C=O) groups excluding carboxylic acids is 1. The van der Waals surface area contributed by atoms with Crippen molar-refractivity contribution in [1.29, 1.82) is 0 Å². The number of nitro groups is 1. The van der Waals surface area contributed by atoms with Crippen molar-refractivity contribution < 1.29 is 9.72 Å². The van der Waals surface area contributed by atoms with Gasteiger partial charge in [-0.2, -0.15) is 0 Å². The molecule has 0 aliphatic carbocycles. The number of thiazole rings is 1. The van der Waals surface area contributed by atoms with Gasteiger partial charge in [-0.05, 0) is 19.1 Å². The van der Waals surface area contributed by atoms with Gasteiger partial charge in [0.25, 0.3) is 5.69 Å². The first-order valence-corrected chi connectivity index (χ1v) is 6.39. The largest absolute Gasteiger partial charge is 0.371 e. The van der Waals surface area contributed by atoms with E-state index in [1.165, 1.54) is 29.5 Å². The second kappa shape index (κ2) is 5.57. The SMILES string of the molecule is CC(Nc1ccc(C=O)cc1[N+](=O)[O-])c1nccs1. The van der Waals surface area contributed by atoms with Crippen LogP contribution in [0.2, 0.25) is 0 Å². The van der Waals surface area contributed by atoms with Crippen LogP contribution >= 0.6 is 11.3 Å². The molecular formula is C12H11N3O3S. The highest BCUT2D eigenvalue weighted by Crippen LogP contribution is 2.29. The molecule has 1 aromatic carbocycles. The number of nitro benzene ring substituents is 1. The van der Waals surface area contributed by atoms with E-state index in [2.05, 4.69) is 10.3 Å². The number of aldehydes is 1. The van der Waals surface area contributed by atoms with Crippen LogP contribution in [0.3, 0.4) is 0 Å². The summed E-state index contributed by atoms with van der Waals surface area (Å²) >= 11 is 1.47. The third kappa shape index (κ3) is 2.94. The van der Waals surface area contributed by atoms with Crippen molar-refractivity contribution >= 4 is 29.0 Å². The number of benzene rings is 1. The van der Waals surface area contributed by atoms with E-state index in [0.29, 0.717) is 12.0 Å². The Hall–Kier alpha value is -2.28. The van der Waals surface area contributed by atoms with Crippen molar-refractivity contribution in [1.82, 2.24) is 4.98 Å². The van der Waals surface area contributed by atoms with Crippen molar-refractivity contribution in [2.24, 2.45) is 0 Å². The quantitative estimate of drug-likeness (QED) is 0.515. The van der Waals surface area contributed by atoms with E-state index in [1.54, 1.807) is 6.20 Å². The molecule has 2 aromatic rings. The molecule has 1 heterocycles. The van der Waals surface area contributed by atoms with Gasteiger partial charge in [-0.15, -0.1) is 11.3 Å². The maximum Gasteiger partial charge on any atom is 0.293 e. The molecule has 0 saturated carbocycles. The van der Waals surface area contributed by atoms with E-state index >= 15 is 0 Å². The van der Waals surface area contributed by atoms with Gasteiger partial charge in [-0.3, -0.25) is 14.9 Å². The second-order valence-electron chi connectivity index (χ2n) is 3.89. The van der Waals surface area contributed by atoms with Crippen molar-refractivity contribution in [2.75, 3.05) is 5.32 Å². The Kier molecular flexibility index (Phi) is 3.86. The lowest BCUT2D eigenvalue weighted by Crippen LogP contribution is -2.08. The zero-order valence-corrected chi connectivity index (χ0v) is 10.9. The predicted molar refractivity (Wildman–Crippen MR) is 72.6 cm³/mol. The second-order valence-corrected chi connectivity index (χ2v) is 4.81. The van der Waals surface area contributed by atoms with E-state index in [0.717, 1.165) is 5.01 Å². The first-order valence-electron chi connectivity index (χ1n) is 5.51. The first kappa shape index (κ1) is 13.2. The van der Waals surface area contributed by atoms with Gasteiger partial charge in [0.15, 0.2) is 0 Å². The number of hydrogen-bond acceptors (Lipinski definition) is 6. The van der Waals surface area contributed by atoms with E-state index in [1.807, 2.05) is 12.3 Å². The predicted octanol–water partition coefficient (Wildman–Crippen LogP) is 3.04. The minimum atomic E-state index is -0.510. The lowest BCUT2D eigenvalue weighted by molar-refractivity contribution is -0.384. The van der Waals surface area contributed by atoms with Gasteiger partial charge >= 0.3 is 0 Å². The fraction of sp³-hybridized carbons (Fsp3) is 0.167. The number of aromatic nitrogens is 1. The molecule has 98 valence electrons. The molecule has 0 fully saturated rings. The zero-order chi connectivity index (χ0) is 13.8. The number of anilines is 1. The molecule has 1 N–H and O–H groups in total. The van der Waals surface area contributed by atoms with Crippen LogP contribution in [-0.2, 0) is 0 Å². The van der Waals surface area contributed by atoms with Gasteiger partial charge in [0.05, 0.1) is 11.0 Å². The average molecular weight is 277 g/mol. The van der Waals surface area contributed by atoms with Gasteiger partial charge < -0.3 is 5.32 Å². The van der Waals surface area contributed by atoms with Crippen molar-refractivity contribution in [3.63, 3.8) is 0 Å². The Morgan fingerprint density at radius 3 is 2.89 bits per heavy atom. The Morgan fingerprint density at radius 2 is 2.32 bits per heavy atom. The van der Waals surface area contributed by atoms with E-state index in [-0.39, 0.29) is 17.3 Å². The van der Waals surface area contributed by atoms with Crippen LogP contribution in [0.1, 0.15) is 28.3 Å². The summed E-state index contributed by atoms with van der Waals surface area (Å²) in [5.74, 6) is 0. The molecule has 0 aliphatic rings. The summed E-state index contributed by atoms with van der Waals surface area (Å²) in [6, 6.07) is 4.19. The maximum atomic E-state index is 11.0. The minimum Gasteiger partial charge on any atom is -0.371 e. The monoisotopic (exact) mass is 277 g/mol. The molecule has 0 amide bonds. The molecule has 1 atom stereocenters. The Bertz CT molecular complexity index is 598. The molecule has 0 aliphatic heterocycles. The lowest BCUT2D eigenvalue weighted by Gasteiger charge is -2.12. The van der Waals surface area contributed by atoms with Crippen LogP contribution in [-0.4, -0.2) is 16.2 Å². The molecule has 2 rings (SSSR count). The van der Waals surface area contributed by atoms with Crippen LogP contribution < -0.4 is 5.32 Å². The number of nitrogens with zero attached hydrogens (tertiary/aromatic N) is 2. The summed E-state index contributed by atoms with van der Waals surface area (Å²) in [5.41, 5.74) is 0.533. The summed E-state index contributed by atoms with van der Waals surface area (Å²) in [5, 5.41) is 16.7. The summed E-state index contributed by atoms with van der Waals surface area (Å²) in [4.78, 5) is 25.3. The number of rotatable bonds is 5. The third-order valence-corrected chi connectivity index (χ3v) is 3.51. The van der Waals surface area contributed by atoms with Crippen molar-refractivity contribution in [2.45, 2.75) is 13.0 Å². The minimum absolute atomic E-state index is 0.118. The third-order valence-electron chi connectivity index (χ3n) is 2.55. The molecular weight excluding hydrogens is 266 g/mol. The van der Waals surface area contributed by atoms with Crippen molar-refractivity contribution in [3.05, 3.63) is 50.5 Å². The van der Waals surface area contributed by atoms with Crippen LogP contribution in [0.4, 0.5) is 11.4 Å². The first-order chi connectivity index (χ1) is 9.11. The summed E-state index contributed by atoms with van der Waals surface area (Å²) in [6.07, 6.45) is 2.27. The maximum absolute atomic E-state index is 11.0. The summed E-state index contributed by atoms with van der Waals surface area (Å²) in [7, 11) is 0. The van der Waals surface area contributed by atoms with Crippen LogP contribution in [0.15, 0.2) is 29.8 Å². The van der Waals surface area contributed by atoms with Gasteiger partial charge in [-0.25, -0.2) is 4.98 Å². The molecule has 0 bridgehead atoms. The summed E-state index contributed by atoms with van der Waals surface area (Å²) < 4.78 is 0. The highest BCUT2D eigenvalue weighted by molar-refractivity contribution is 7.09. The lowest BCUT2D eigenvalue weighted by atomic mass is 10.1. The normalized spacial score (nSPS) is 11.8. The fourth-order valence-electron chi connectivity index (χ4n) is 1.64. The smallest absolute Gasteiger partial charge is 0.293 e. The van der Waals surface area contributed by atoms with E-state index in [9.17, 15) is 14.9 Å². The molecule has 19 heavy (non-hydrogen) atoms. The van der Waals surface area contributed by atoms with Gasteiger partial charge in [-0.1, -0.05) is 0 Å². The number of nitrogens with one attached hydrogen (secondary N) is 1. The van der Waals surface area contributed by atoms with E-state index in [4.69, 9.17) is 0 Å². The van der Waals surface area contributed by atoms with Gasteiger partial charge in [0, 0.05) is 23.2 Å². The zero-order valence-electron chi connectivity index (χ0n) is 10.1.